The van der Waals surface area contributed by atoms with Gasteiger partial charge >= 0.3 is 0 Å². The summed E-state index contributed by atoms with van der Waals surface area (Å²) in [5, 5.41) is 2.56. The largest absolute Gasteiger partial charge is 0.326 e. The standard InChI is InChI=1S/C22H23FN2O4S/c1-14-12-16-13-19(8-9-20(16)25(14)22(27)15-2-3-15)30(28,29)11-10-21(26)24-18-6-4-17(23)5-7-18/h4-9,13-15H,2-3,10-12H2,1H3,(H,24,26)/t14-/m0/s1. The Morgan fingerprint density at radius 1 is 1.13 bits per heavy atom. The van der Waals surface area contributed by atoms with Gasteiger partial charge in [0.1, 0.15) is 5.82 Å². The van der Waals surface area contributed by atoms with Crippen LogP contribution in [0.1, 0.15) is 31.7 Å². The number of hydrogen-bond donors (Lipinski definition) is 1. The van der Waals surface area contributed by atoms with Crippen LogP contribution in [0.4, 0.5) is 15.8 Å². The second-order valence-corrected chi connectivity index (χ2v) is 10.1. The van der Waals surface area contributed by atoms with E-state index in [1.54, 1.807) is 17.0 Å². The first-order valence-electron chi connectivity index (χ1n) is 9.99. The summed E-state index contributed by atoms with van der Waals surface area (Å²) in [5.41, 5.74) is 2.03. The first-order valence-corrected chi connectivity index (χ1v) is 11.6. The van der Waals surface area contributed by atoms with Crippen molar-refractivity contribution < 1.29 is 22.4 Å². The molecule has 1 N–H and O–H groups in total. The summed E-state index contributed by atoms with van der Waals surface area (Å²) >= 11 is 0. The molecule has 8 heteroatoms. The SMILES string of the molecule is C[C@H]1Cc2cc(S(=O)(=O)CCC(=O)Nc3ccc(F)cc3)ccc2N1C(=O)C1CC1. The van der Waals surface area contributed by atoms with E-state index in [1.165, 1.54) is 30.3 Å². The van der Waals surface area contributed by atoms with E-state index in [9.17, 15) is 22.4 Å². The van der Waals surface area contributed by atoms with E-state index in [2.05, 4.69) is 5.32 Å². The quantitative estimate of drug-likeness (QED) is 0.762. The van der Waals surface area contributed by atoms with Crippen molar-refractivity contribution in [2.45, 2.75) is 43.5 Å². The van der Waals surface area contributed by atoms with Gasteiger partial charge in [-0.1, -0.05) is 0 Å². The van der Waals surface area contributed by atoms with Crippen LogP contribution in [0.15, 0.2) is 47.4 Å². The number of benzene rings is 2. The van der Waals surface area contributed by atoms with E-state index in [0.717, 1.165) is 24.1 Å². The summed E-state index contributed by atoms with van der Waals surface area (Å²) < 4.78 is 38.4. The normalized spacial score (nSPS) is 18.2. The van der Waals surface area contributed by atoms with Gasteiger partial charge in [-0.15, -0.1) is 0 Å². The molecule has 2 aromatic carbocycles. The van der Waals surface area contributed by atoms with Gasteiger partial charge in [0.05, 0.1) is 10.6 Å². The molecule has 1 saturated carbocycles. The van der Waals surface area contributed by atoms with Crippen LogP contribution in [0.25, 0.3) is 0 Å². The molecule has 1 fully saturated rings. The number of halogens is 1. The Hall–Kier alpha value is -2.74. The van der Waals surface area contributed by atoms with Crippen molar-refractivity contribution in [3.63, 3.8) is 0 Å². The molecule has 0 radical (unpaired) electrons. The van der Waals surface area contributed by atoms with E-state index >= 15 is 0 Å². The highest BCUT2D eigenvalue weighted by molar-refractivity contribution is 7.91. The number of fused-ring (bicyclic) bond motifs is 1. The second kappa shape index (κ2) is 7.83. The molecule has 0 unspecified atom stereocenters. The average molecular weight is 431 g/mol. The molecular formula is C22H23FN2O4S. The fraction of sp³-hybridized carbons (Fsp3) is 0.364. The molecule has 6 nitrogen and oxygen atoms in total. The molecule has 1 atom stereocenters. The maximum atomic E-state index is 12.9. The van der Waals surface area contributed by atoms with Crippen LogP contribution in [-0.2, 0) is 25.8 Å². The molecule has 1 aliphatic carbocycles. The minimum absolute atomic E-state index is 0.00698. The van der Waals surface area contributed by atoms with Gasteiger partial charge in [0.2, 0.25) is 11.8 Å². The van der Waals surface area contributed by atoms with Crippen molar-refractivity contribution in [2.24, 2.45) is 5.92 Å². The molecule has 2 aromatic rings. The number of carbonyl (C=O) groups is 2. The molecule has 1 aliphatic heterocycles. The van der Waals surface area contributed by atoms with Gasteiger partial charge < -0.3 is 10.2 Å². The summed E-state index contributed by atoms with van der Waals surface area (Å²) in [4.78, 5) is 26.6. The Morgan fingerprint density at radius 3 is 2.50 bits per heavy atom. The third kappa shape index (κ3) is 4.23. The van der Waals surface area contributed by atoms with Gasteiger partial charge in [-0.25, -0.2) is 12.8 Å². The van der Waals surface area contributed by atoms with Crippen molar-refractivity contribution in [3.8, 4) is 0 Å². The summed E-state index contributed by atoms with van der Waals surface area (Å²) in [6.07, 6.45) is 2.25. The van der Waals surface area contributed by atoms with E-state index in [-0.39, 0.29) is 34.9 Å². The lowest BCUT2D eigenvalue weighted by atomic mass is 10.1. The second-order valence-electron chi connectivity index (χ2n) is 7.95. The number of amides is 2. The van der Waals surface area contributed by atoms with E-state index in [4.69, 9.17) is 0 Å². The van der Waals surface area contributed by atoms with Crippen molar-refractivity contribution in [2.75, 3.05) is 16.0 Å². The number of rotatable bonds is 6. The van der Waals surface area contributed by atoms with Gasteiger partial charge in [0, 0.05) is 29.8 Å². The van der Waals surface area contributed by atoms with Crippen molar-refractivity contribution in [1.82, 2.24) is 0 Å². The molecule has 30 heavy (non-hydrogen) atoms. The van der Waals surface area contributed by atoms with Crippen LogP contribution in [0.2, 0.25) is 0 Å². The van der Waals surface area contributed by atoms with Gasteiger partial charge in [0.25, 0.3) is 0 Å². The van der Waals surface area contributed by atoms with E-state index < -0.39 is 21.6 Å². The average Bonchev–Trinajstić information content (AvgIpc) is 3.50. The van der Waals surface area contributed by atoms with Gasteiger partial charge in [-0.2, -0.15) is 0 Å². The first-order chi connectivity index (χ1) is 14.2. The van der Waals surface area contributed by atoms with E-state index in [1.807, 2.05) is 6.92 Å². The number of hydrogen-bond acceptors (Lipinski definition) is 4. The monoisotopic (exact) mass is 430 g/mol. The van der Waals surface area contributed by atoms with Crippen LogP contribution in [-0.4, -0.2) is 32.0 Å². The van der Waals surface area contributed by atoms with Crippen LogP contribution in [0.3, 0.4) is 0 Å². The minimum Gasteiger partial charge on any atom is -0.326 e. The van der Waals surface area contributed by atoms with Crippen molar-refractivity contribution >= 4 is 33.0 Å². The molecule has 0 aromatic heterocycles. The van der Waals surface area contributed by atoms with Crippen molar-refractivity contribution in [1.29, 1.82) is 0 Å². The topological polar surface area (TPSA) is 83.6 Å². The Balaban J connectivity index is 1.43. The Bertz CT molecular complexity index is 1090. The van der Waals surface area contributed by atoms with Crippen LogP contribution < -0.4 is 10.2 Å². The maximum absolute atomic E-state index is 12.9. The molecule has 158 valence electrons. The zero-order valence-electron chi connectivity index (χ0n) is 16.6. The Labute approximate surface area is 175 Å². The number of anilines is 2. The highest BCUT2D eigenvalue weighted by Gasteiger charge is 2.39. The number of nitrogens with zero attached hydrogens (tertiary/aromatic N) is 1. The van der Waals surface area contributed by atoms with Gasteiger partial charge in [-0.3, -0.25) is 9.59 Å². The Kier molecular flexibility index (Phi) is 5.36. The van der Waals surface area contributed by atoms with Gasteiger partial charge in [0.15, 0.2) is 9.84 Å². The predicted molar refractivity (Wildman–Crippen MR) is 112 cm³/mol. The molecule has 1 heterocycles. The van der Waals surface area contributed by atoms with Gasteiger partial charge in [-0.05, 0) is 74.2 Å². The zero-order valence-corrected chi connectivity index (χ0v) is 17.4. The highest BCUT2D eigenvalue weighted by atomic mass is 32.2. The molecular weight excluding hydrogens is 407 g/mol. The first kappa shape index (κ1) is 20.5. The lowest BCUT2D eigenvalue weighted by Crippen LogP contribution is -2.36. The maximum Gasteiger partial charge on any atom is 0.230 e. The fourth-order valence-electron chi connectivity index (χ4n) is 3.77. The van der Waals surface area contributed by atoms with E-state index in [0.29, 0.717) is 12.1 Å². The molecule has 0 bridgehead atoms. The number of nitrogens with one attached hydrogen (secondary N) is 1. The van der Waals surface area contributed by atoms with Crippen molar-refractivity contribution in [3.05, 3.63) is 53.8 Å². The van der Waals surface area contributed by atoms with Crippen LogP contribution >= 0.6 is 0 Å². The molecule has 0 spiro atoms. The number of sulfone groups is 1. The summed E-state index contributed by atoms with van der Waals surface area (Å²) in [5.74, 6) is -0.991. The predicted octanol–water partition coefficient (Wildman–Crippen LogP) is 3.32. The smallest absolute Gasteiger partial charge is 0.230 e. The fourth-order valence-corrected chi connectivity index (χ4v) is 5.05. The van der Waals surface area contributed by atoms with Crippen LogP contribution in [0, 0.1) is 11.7 Å². The minimum atomic E-state index is -3.66. The highest BCUT2D eigenvalue weighted by Crippen LogP contribution is 2.39. The molecule has 2 aliphatic rings. The summed E-state index contributed by atoms with van der Waals surface area (Å²) in [7, 11) is -3.66. The Morgan fingerprint density at radius 2 is 1.83 bits per heavy atom. The summed E-state index contributed by atoms with van der Waals surface area (Å²) in [6.45, 7) is 1.97. The lowest BCUT2D eigenvalue weighted by Gasteiger charge is -2.22. The summed E-state index contributed by atoms with van der Waals surface area (Å²) in [6, 6.07) is 10.1. The molecule has 4 rings (SSSR count). The van der Waals surface area contributed by atoms with Crippen LogP contribution in [0.5, 0.6) is 0 Å². The molecule has 0 saturated heterocycles. The number of carbonyl (C=O) groups excluding carboxylic acids is 2. The molecule has 2 amide bonds. The lowest BCUT2D eigenvalue weighted by molar-refractivity contribution is -0.120. The third-order valence-electron chi connectivity index (χ3n) is 5.52. The third-order valence-corrected chi connectivity index (χ3v) is 7.23. The zero-order chi connectivity index (χ0) is 21.5.